The number of esters is 1. The molecule has 244 valence electrons. The van der Waals surface area contributed by atoms with Gasteiger partial charge in [-0.3, -0.25) is 4.79 Å². The van der Waals surface area contributed by atoms with E-state index in [1.54, 1.807) is 25.1 Å². The lowest BCUT2D eigenvalue weighted by Crippen LogP contribution is -2.63. The van der Waals surface area contributed by atoms with Gasteiger partial charge in [-0.1, -0.05) is 18.2 Å². The van der Waals surface area contributed by atoms with Crippen LogP contribution in [0.1, 0.15) is 38.7 Å². The van der Waals surface area contributed by atoms with E-state index in [9.17, 15) is 19.5 Å². The second kappa shape index (κ2) is 12.4. The number of allylic oxidation sites excluding steroid dienone is 2. The first-order chi connectivity index (χ1) is 22.1. The largest absolute Gasteiger partial charge is 0.481 e. The van der Waals surface area contributed by atoms with Gasteiger partial charge in [-0.2, -0.15) is 0 Å². The Labute approximate surface area is 267 Å². The average molecular weight is 631 g/mol. The van der Waals surface area contributed by atoms with Gasteiger partial charge in [0, 0.05) is 87.0 Å². The van der Waals surface area contributed by atoms with Crippen LogP contribution in [-0.2, 0) is 20.7 Å². The number of benzene rings is 1. The SMILES string of the molecule is C/C=C(\CCO)C(=O)O[C@]1(C)CC=C[C@@H](C2=C(CC(=O)N3CC(CNC)C3)CNC(N)=C2)[C@]12Cc1cc3ccc(=O)oc3cc1O2. The van der Waals surface area contributed by atoms with Crippen LogP contribution in [0.5, 0.6) is 5.75 Å². The number of fused-ring (bicyclic) bond motifs is 2. The molecule has 1 amide bonds. The number of nitrogens with two attached hydrogens (primary N) is 1. The third-order valence-corrected chi connectivity index (χ3v) is 9.82. The number of nitrogens with one attached hydrogen (secondary N) is 2. The molecule has 1 saturated heterocycles. The molecule has 0 radical (unpaired) electrons. The zero-order valence-corrected chi connectivity index (χ0v) is 26.6. The maximum atomic E-state index is 13.6. The summed E-state index contributed by atoms with van der Waals surface area (Å²) in [6, 6.07) is 6.77. The summed E-state index contributed by atoms with van der Waals surface area (Å²) in [5.74, 6) is 0.524. The van der Waals surface area contributed by atoms with Crippen molar-refractivity contribution in [1.82, 2.24) is 15.5 Å². The Morgan fingerprint density at radius 3 is 2.83 bits per heavy atom. The number of hydrogen-bond acceptors (Lipinski definition) is 10. The summed E-state index contributed by atoms with van der Waals surface area (Å²) >= 11 is 0. The van der Waals surface area contributed by atoms with Crippen molar-refractivity contribution in [2.75, 3.05) is 39.8 Å². The minimum Gasteiger partial charge on any atom is -0.481 e. The van der Waals surface area contributed by atoms with Crippen LogP contribution in [0, 0.1) is 11.8 Å². The van der Waals surface area contributed by atoms with Crippen molar-refractivity contribution in [3.63, 3.8) is 0 Å². The number of nitrogens with zero attached hydrogens (tertiary/aromatic N) is 1. The fourth-order valence-electron chi connectivity index (χ4n) is 7.28. The quantitative estimate of drug-likeness (QED) is 0.141. The first kappa shape index (κ1) is 31.6. The van der Waals surface area contributed by atoms with E-state index in [1.807, 2.05) is 37.1 Å². The number of hydrogen-bond donors (Lipinski definition) is 4. The summed E-state index contributed by atoms with van der Waals surface area (Å²) in [5, 5.41) is 16.7. The van der Waals surface area contributed by atoms with Gasteiger partial charge >= 0.3 is 11.6 Å². The number of amides is 1. The molecule has 1 aromatic carbocycles. The van der Waals surface area contributed by atoms with Gasteiger partial charge in [0.1, 0.15) is 11.3 Å². The molecular weight excluding hydrogens is 588 g/mol. The zero-order valence-electron chi connectivity index (χ0n) is 26.6. The van der Waals surface area contributed by atoms with E-state index in [4.69, 9.17) is 19.6 Å². The summed E-state index contributed by atoms with van der Waals surface area (Å²) < 4.78 is 18.8. The normalized spacial score (nSPS) is 26.0. The van der Waals surface area contributed by atoms with Gasteiger partial charge in [0.2, 0.25) is 5.91 Å². The molecule has 2 aromatic rings. The Bertz CT molecular complexity index is 1730. The summed E-state index contributed by atoms with van der Waals surface area (Å²) in [6.45, 7) is 6.14. The molecule has 3 aliphatic heterocycles. The minimum atomic E-state index is -1.17. The third kappa shape index (κ3) is 5.62. The number of carbonyl (C=O) groups is 2. The molecule has 46 heavy (non-hydrogen) atoms. The number of aliphatic hydroxyl groups excluding tert-OH is 1. The van der Waals surface area contributed by atoms with Crippen LogP contribution in [0.15, 0.2) is 80.3 Å². The van der Waals surface area contributed by atoms with Crippen molar-refractivity contribution < 1.29 is 28.6 Å². The number of rotatable bonds is 9. The first-order valence-electron chi connectivity index (χ1n) is 15.9. The Morgan fingerprint density at radius 2 is 2.09 bits per heavy atom. The lowest BCUT2D eigenvalue weighted by molar-refractivity contribution is -0.185. The average Bonchev–Trinajstić information content (AvgIpc) is 3.38. The Hall–Kier alpha value is -4.35. The van der Waals surface area contributed by atoms with Gasteiger partial charge in [0.25, 0.3) is 0 Å². The smallest absolute Gasteiger partial charge is 0.336 e. The standard InChI is InChI=1S/C35H42N4O7/c1-4-22(9-11-40)33(43)46-34(2)10-5-6-27(35(34)16-24-12-23-7-8-32(42)44-28(23)15-29(24)45-35)26-14-30(36)38-18-25(26)13-31(41)39-19-21(20-39)17-37-3/h4-8,12,14-15,21,27,37-38,40H,9-11,13,16-20,36H2,1-3H3/b22-4+/t27-,34+,35+/m0/s1. The van der Waals surface area contributed by atoms with Crippen LogP contribution in [0.2, 0.25) is 0 Å². The molecule has 1 aliphatic carbocycles. The van der Waals surface area contributed by atoms with Crippen LogP contribution in [0.4, 0.5) is 0 Å². The fourth-order valence-corrected chi connectivity index (χ4v) is 7.28. The minimum absolute atomic E-state index is 0.0530. The molecule has 6 rings (SSSR count). The number of aliphatic hydroxyl groups is 1. The molecular formula is C35H42N4O7. The molecule has 1 spiro atoms. The van der Waals surface area contributed by atoms with Gasteiger partial charge in [-0.25, -0.2) is 9.59 Å². The monoisotopic (exact) mass is 630 g/mol. The summed E-state index contributed by atoms with van der Waals surface area (Å²) in [6.07, 6.45) is 8.70. The summed E-state index contributed by atoms with van der Waals surface area (Å²) in [4.78, 5) is 40.9. The van der Waals surface area contributed by atoms with Crippen molar-refractivity contribution in [2.45, 2.75) is 50.7 Å². The van der Waals surface area contributed by atoms with Crippen LogP contribution in [0.25, 0.3) is 11.0 Å². The van der Waals surface area contributed by atoms with E-state index in [1.165, 1.54) is 6.07 Å². The second-order valence-corrected chi connectivity index (χ2v) is 12.8. The maximum Gasteiger partial charge on any atom is 0.336 e. The third-order valence-electron chi connectivity index (χ3n) is 9.82. The molecule has 4 heterocycles. The zero-order chi connectivity index (χ0) is 32.6. The molecule has 11 heteroatoms. The molecule has 11 nitrogen and oxygen atoms in total. The lowest BCUT2D eigenvalue weighted by atomic mass is 9.63. The highest BCUT2D eigenvalue weighted by atomic mass is 16.6. The van der Waals surface area contributed by atoms with Crippen LogP contribution in [-0.4, -0.2) is 72.9 Å². The van der Waals surface area contributed by atoms with E-state index in [0.717, 1.165) is 41.7 Å². The van der Waals surface area contributed by atoms with Crippen molar-refractivity contribution >= 4 is 22.8 Å². The molecule has 4 aliphatic rings. The van der Waals surface area contributed by atoms with E-state index < -0.39 is 28.7 Å². The molecule has 3 atom stereocenters. The van der Waals surface area contributed by atoms with E-state index in [0.29, 0.717) is 48.0 Å². The van der Waals surface area contributed by atoms with Gasteiger partial charge < -0.3 is 40.3 Å². The van der Waals surface area contributed by atoms with Crippen LogP contribution in [0.3, 0.4) is 0 Å². The number of carbonyl (C=O) groups excluding carboxylic acids is 2. The molecule has 0 saturated carbocycles. The highest BCUT2D eigenvalue weighted by molar-refractivity contribution is 5.89. The van der Waals surface area contributed by atoms with E-state index in [2.05, 4.69) is 16.7 Å². The van der Waals surface area contributed by atoms with Crippen molar-refractivity contribution in [3.05, 3.63) is 87.1 Å². The van der Waals surface area contributed by atoms with Gasteiger partial charge in [-0.05, 0) is 55.8 Å². The molecule has 1 aromatic heterocycles. The van der Waals surface area contributed by atoms with E-state index >= 15 is 0 Å². The van der Waals surface area contributed by atoms with Crippen molar-refractivity contribution in [3.8, 4) is 5.75 Å². The van der Waals surface area contributed by atoms with Crippen molar-refractivity contribution in [2.24, 2.45) is 17.6 Å². The maximum absolute atomic E-state index is 13.6. The number of ether oxygens (including phenoxy) is 2. The highest BCUT2D eigenvalue weighted by Crippen LogP contribution is 2.54. The van der Waals surface area contributed by atoms with Gasteiger partial charge in [0.15, 0.2) is 11.2 Å². The summed E-state index contributed by atoms with van der Waals surface area (Å²) in [7, 11) is 1.92. The first-order valence-corrected chi connectivity index (χ1v) is 15.9. The van der Waals surface area contributed by atoms with Crippen LogP contribution >= 0.6 is 0 Å². The van der Waals surface area contributed by atoms with E-state index in [-0.39, 0.29) is 25.4 Å². The van der Waals surface area contributed by atoms with Gasteiger partial charge in [0.05, 0.1) is 12.2 Å². The molecule has 1 fully saturated rings. The molecule has 0 unspecified atom stereocenters. The number of likely N-dealkylation sites (tertiary alicyclic amines) is 1. The van der Waals surface area contributed by atoms with Crippen molar-refractivity contribution in [1.29, 1.82) is 0 Å². The van der Waals surface area contributed by atoms with Crippen LogP contribution < -0.4 is 26.7 Å². The fraction of sp³-hybridized carbons (Fsp3) is 0.457. The highest BCUT2D eigenvalue weighted by Gasteiger charge is 2.62. The Kier molecular flexibility index (Phi) is 8.56. The topological polar surface area (TPSA) is 156 Å². The predicted octanol–water partition coefficient (Wildman–Crippen LogP) is 2.44. The van der Waals surface area contributed by atoms with Gasteiger partial charge in [-0.15, -0.1) is 0 Å². The molecule has 5 N–H and O–H groups in total. The lowest BCUT2D eigenvalue weighted by Gasteiger charge is -2.51. The molecule has 0 bridgehead atoms. The Balaban J connectivity index is 1.43. The second-order valence-electron chi connectivity index (χ2n) is 12.8. The summed E-state index contributed by atoms with van der Waals surface area (Å²) in [5.41, 5.74) is 6.97. The number of dihydropyridines is 1. The Morgan fingerprint density at radius 1 is 1.28 bits per heavy atom. The predicted molar refractivity (Wildman–Crippen MR) is 173 cm³/mol.